The van der Waals surface area contributed by atoms with Crippen LogP contribution in [0.25, 0.3) is 0 Å². The van der Waals surface area contributed by atoms with Crippen molar-refractivity contribution < 1.29 is 9.32 Å². The van der Waals surface area contributed by atoms with E-state index in [1.807, 2.05) is 0 Å². The molecule has 1 aliphatic rings. The molecular weight excluding hydrogens is 186 g/mol. The highest BCUT2D eigenvalue weighted by Crippen LogP contribution is 2.17. The highest BCUT2D eigenvalue weighted by molar-refractivity contribution is 7.84. The first kappa shape index (κ1) is 11.1. The maximum atomic E-state index is 10.8. The molecule has 0 amide bonds. The summed E-state index contributed by atoms with van der Waals surface area (Å²) in [6, 6.07) is 0.234. The van der Waals surface area contributed by atoms with E-state index in [1.54, 1.807) is 6.26 Å². The fraction of sp³-hybridized carbons (Fsp3) is 1.00. The SMILES string of the molecule is CS(=O)CCN[C@@H]1CCCC[C@H]1O. The van der Waals surface area contributed by atoms with Gasteiger partial charge in [0.2, 0.25) is 0 Å². The Kier molecular flexibility index (Phi) is 4.91. The Bertz CT molecular complexity index is 175. The summed E-state index contributed by atoms with van der Waals surface area (Å²) in [5.41, 5.74) is 0. The molecule has 0 aromatic carbocycles. The van der Waals surface area contributed by atoms with Gasteiger partial charge in [0.25, 0.3) is 0 Å². The molecule has 0 spiro atoms. The summed E-state index contributed by atoms with van der Waals surface area (Å²) in [7, 11) is -0.725. The van der Waals surface area contributed by atoms with Gasteiger partial charge in [0.15, 0.2) is 0 Å². The largest absolute Gasteiger partial charge is 0.392 e. The van der Waals surface area contributed by atoms with Crippen LogP contribution in [-0.2, 0) is 10.8 Å². The molecule has 0 saturated heterocycles. The maximum absolute atomic E-state index is 10.8. The zero-order valence-corrected chi connectivity index (χ0v) is 8.98. The van der Waals surface area contributed by atoms with Crippen molar-refractivity contribution in [2.45, 2.75) is 37.8 Å². The maximum Gasteiger partial charge on any atom is 0.0693 e. The van der Waals surface area contributed by atoms with Gasteiger partial charge in [0.1, 0.15) is 0 Å². The summed E-state index contributed by atoms with van der Waals surface area (Å²) in [6.45, 7) is 0.755. The molecule has 0 heterocycles. The Morgan fingerprint density at radius 3 is 2.77 bits per heavy atom. The van der Waals surface area contributed by atoms with Crippen LogP contribution in [0.3, 0.4) is 0 Å². The van der Waals surface area contributed by atoms with Gasteiger partial charge in [-0.1, -0.05) is 12.8 Å². The van der Waals surface area contributed by atoms with Gasteiger partial charge in [0.05, 0.1) is 6.10 Å². The number of hydrogen-bond donors (Lipinski definition) is 2. The molecule has 0 radical (unpaired) electrons. The van der Waals surface area contributed by atoms with Gasteiger partial charge in [-0.25, -0.2) is 0 Å². The van der Waals surface area contributed by atoms with Crippen LogP contribution in [0.2, 0.25) is 0 Å². The zero-order valence-electron chi connectivity index (χ0n) is 8.16. The molecule has 4 heteroatoms. The fourth-order valence-corrected chi connectivity index (χ4v) is 2.14. The molecule has 78 valence electrons. The molecule has 1 unspecified atom stereocenters. The summed E-state index contributed by atoms with van der Waals surface area (Å²) in [6.07, 6.45) is 5.81. The molecule has 3 nitrogen and oxygen atoms in total. The van der Waals surface area contributed by atoms with E-state index in [-0.39, 0.29) is 12.1 Å². The molecule has 0 aromatic rings. The summed E-state index contributed by atoms with van der Waals surface area (Å²) in [5.74, 6) is 0.684. The van der Waals surface area contributed by atoms with Gasteiger partial charge in [-0.3, -0.25) is 4.21 Å². The van der Waals surface area contributed by atoms with Crippen LogP contribution >= 0.6 is 0 Å². The molecule has 0 aromatic heterocycles. The summed E-state index contributed by atoms with van der Waals surface area (Å²) >= 11 is 0. The molecule has 2 N–H and O–H groups in total. The summed E-state index contributed by atoms with van der Waals surface area (Å²) in [4.78, 5) is 0. The van der Waals surface area contributed by atoms with E-state index in [4.69, 9.17) is 0 Å². The van der Waals surface area contributed by atoms with Crippen LogP contribution in [-0.4, -0.2) is 40.0 Å². The number of aliphatic hydroxyl groups is 1. The third kappa shape index (κ3) is 4.20. The lowest BCUT2D eigenvalue weighted by Gasteiger charge is -2.28. The van der Waals surface area contributed by atoms with Gasteiger partial charge in [-0.2, -0.15) is 0 Å². The third-order valence-electron chi connectivity index (χ3n) is 2.53. The van der Waals surface area contributed by atoms with Gasteiger partial charge >= 0.3 is 0 Å². The lowest BCUT2D eigenvalue weighted by Crippen LogP contribution is -2.43. The van der Waals surface area contributed by atoms with E-state index < -0.39 is 10.8 Å². The zero-order chi connectivity index (χ0) is 9.68. The average molecular weight is 205 g/mol. The first-order chi connectivity index (χ1) is 6.20. The predicted octanol–water partition coefficient (Wildman–Crippen LogP) is 0.258. The average Bonchev–Trinajstić information content (AvgIpc) is 2.08. The topological polar surface area (TPSA) is 49.3 Å². The summed E-state index contributed by atoms with van der Waals surface area (Å²) < 4.78 is 10.8. The van der Waals surface area contributed by atoms with Gasteiger partial charge in [-0.15, -0.1) is 0 Å². The van der Waals surface area contributed by atoms with E-state index in [9.17, 15) is 9.32 Å². The van der Waals surface area contributed by atoms with Crippen molar-refractivity contribution in [1.29, 1.82) is 0 Å². The summed E-state index contributed by atoms with van der Waals surface area (Å²) in [5, 5.41) is 12.9. The van der Waals surface area contributed by atoms with Crippen LogP contribution in [0.1, 0.15) is 25.7 Å². The smallest absolute Gasteiger partial charge is 0.0693 e. The number of nitrogens with one attached hydrogen (secondary N) is 1. The van der Waals surface area contributed by atoms with E-state index in [2.05, 4.69) is 5.32 Å². The van der Waals surface area contributed by atoms with Crippen molar-refractivity contribution in [1.82, 2.24) is 5.32 Å². The molecule has 0 aliphatic heterocycles. The van der Waals surface area contributed by atoms with Gasteiger partial charge < -0.3 is 10.4 Å². The number of aliphatic hydroxyl groups excluding tert-OH is 1. The molecule has 0 bridgehead atoms. The Labute approximate surface area is 82.4 Å². The van der Waals surface area contributed by atoms with E-state index in [0.717, 1.165) is 25.8 Å². The predicted molar refractivity (Wildman–Crippen MR) is 55.2 cm³/mol. The Balaban J connectivity index is 2.15. The second kappa shape index (κ2) is 5.73. The van der Waals surface area contributed by atoms with E-state index in [0.29, 0.717) is 5.75 Å². The molecule has 1 saturated carbocycles. The number of rotatable bonds is 4. The minimum Gasteiger partial charge on any atom is -0.392 e. The lowest BCUT2D eigenvalue weighted by atomic mass is 9.93. The Hall–Kier alpha value is 0.0700. The third-order valence-corrected chi connectivity index (χ3v) is 3.30. The Morgan fingerprint density at radius 1 is 1.46 bits per heavy atom. The normalized spacial score (nSPS) is 31.5. The highest BCUT2D eigenvalue weighted by Gasteiger charge is 2.21. The monoisotopic (exact) mass is 205 g/mol. The molecule has 1 fully saturated rings. The highest BCUT2D eigenvalue weighted by atomic mass is 32.2. The van der Waals surface area contributed by atoms with Crippen molar-refractivity contribution in [2.75, 3.05) is 18.6 Å². The van der Waals surface area contributed by atoms with Crippen molar-refractivity contribution in [3.8, 4) is 0 Å². The van der Waals surface area contributed by atoms with Crippen molar-refractivity contribution in [3.63, 3.8) is 0 Å². The molecule has 1 aliphatic carbocycles. The van der Waals surface area contributed by atoms with Crippen molar-refractivity contribution in [2.24, 2.45) is 0 Å². The molecule has 13 heavy (non-hydrogen) atoms. The minimum atomic E-state index is -0.725. The minimum absolute atomic E-state index is 0.195. The molecule has 3 atom stereocenters. The quantitative estimate of drug-likeness (QED) is 0.692. The van der Waals surface area contributed by atoms with Gasteiger partial charge in [0, 0.05) is 35.4 Å². The fourth-order valence-electron chi connectivity index (χ4n) is 1.74. The first-order valence-corrected chi connectivity index (χ1v) is 6.64. The van der Waals surface area contributed by atoms with Crippen LogP contribution in [0.5, 0.6) is 0 Å². The van der Waals surface area contributed by atoms with Gasteiger partial charge in [-0.05, 0) is 12.8 Å². The van der Waals surface area contributed by atoms with Crippen molar-refractivity contribution in [3.05, 3.63) is 0 Å². The molecule has 1 rings (SSSR count). The Morgan fingerprint density at radius 2 is 2.15 bits per heavy atom. The standard InChI is InChI=1S/C9H19NO2S/c1-13(12)7-6-10-8-4-2-3-5-9(8)11/h8-11H,2-7H2,1H3/t8-,9-,13?/m1/s1. The second-order valence-corrected chi connectivity index (χ2v) is 5.24. The van der Waals surface area contributed by atoms with E-state index >= 15 is 0 Å². The van der Waals surface area contributed by atoms with Crippen LogP contribution in [0.15, 0.2) is 0 Å². The number of hydrogen-bond acceptors (Lipinski definition) is 3. The van der Waals surface area contributed by atoms with Crippen LogP contribution < -0.4 is 5.32 Å². The van der Waals surface area contributed by atoms with Crippen molar-refractivity contribution >= 4 is 10.8 Å². The van der Waals surface area contributed by atoms with E-state index in [1.165, 1.54) is 6.42 Å². The second-order valence-electron chi connectivity index (χ2n) is 3.69. The van der Waals surface area contributed by atoms with Crippen LogP contribution in [0.4, 0.5) is 0 Å². The first-order valence-electron chi connectivity index (χ1n) is 4.91. The molecular formula is C9H19NO2S. The lowest BCUT2D eigenvalue weighted by molar-refractivity contribution is 0.0921. The van der Waals surface area contributed by atoms with Crippen LogP contribution in [0, 0.1) is 0 Å².